The van der Waals surface area contributed by atoms with Gasteiger partial charge in [0.1, 0.15) is 0 Å². The molecule has 1 spiro atoms. The van der Waals surface area contributed by atoms with Crippen LogP contribution in [0.3, 0.4) is 0 Å². The quantitative estimate of drug-likeness (QED) is 0.621. The van der Waals surface area contributed by atoms with Crippen LogP contribution in [0.1, 0.15) is 25.3 Å². The highest BCUT2D eigenvalue weighted by atomic mass is 16.2. The Balaban J connectivity index is 1.53. The SMILES string of the molecule is CCc1ccc(N2C(=O)[C@@H]3[C@H](C2=O)[C@@H]2C=C[C@H]3C23CC3)cc1. The Morgan fingerprint density at radius 1 is 1.00 bits per heavy atom. The van der Waals surface area contributed by atoms with E-state index < -0.39 is 0 Å². The lowest BCUT2D eigenvalue weighted by atomic mass is 9.85. The van der Waals surface area contributed by atoms with Crippen LogP contribution in [0.4, 0.5) is 5.69 Å². The van der Waals surface area contributed by atoms with Crippen molar-refractivity contribution >= 4 is 17.5 Å². The standard InChI is InChI=1S/C19H19NO2/c1-2-11-3-5-12(6-4-11)20-17(21)15-13-7-8-14(16(15)18(20)22)19(13)9-10-19/h3-8,13-16H,2,9-10H2,1H3/t13-,14+,15+,16-. The molecule has 5 rings (SSSR count). The number of fused-ring (bicyclic) bond motifs is 3. The summed E-state index contributed by atoms with van der Waals surface area (Å²) in [6, 6.07) is 7.86. The van der Waals surface area contributed by atoms with Gasteiger partial charge in [0.05, 0.1) is 17.5 Å². The molecule has 0 N–H and O–H groups in total. The Labute approximate surface area is 130 Å². The molecule has 2 amide bonds. The van der Waals surface area contributed by atoms with Crippen molar-refractivity contribution in [2.45, 2.75) is 26.2 Å². The average molecular weight is 293 g/mol. The zero-order valence-electron chi connectivity index (χ0n) is 12.7. The van der Waals surface area contributed by atoms with E-state index >= 15 is 0 Å². The van der Waals surface area contributed by atoms with Gasteiger partial charge in [-0.3, -0.25) is 14.5 Å². The monoisotopic (exact) mass is 293 g/mol. The van der Waals surface area contributed by atoms with Crippen molar-refractivity contribution in [1.29, 1.82) is 0 Å². The van der Waals surface area contributed by atoms with Crippen molar-refractivity contribution in [2.24, 2.45) is 29.1 Å². The van der Waals surface area contributed by atoms with Crippen molar-refractivity contribution in [1.82, 2.24) is 0 Å². The number of hydrogen-bond acceptors (Lipinski definition) is 2. The number of carbonyl (C=O) groups is 2. The van der Waals surface area contributed by atoms with E-state index in [1.165, 1.54) is 23.3 Å². The number of benzene rings is 1. The third-order valence-electron chi connectivity index (χ3n) is 6.46. The van der Waals surface area contributed by atoms with Gasteiger partial charge in [0, 0.05) is 0 Å². The fourth-order valence-electron chi connectivity index (χ4n) is 5.21. The van der Waals surface area contributed by atoms with Gasteiger partial charge in [0.2, 0.25) is 11.8 Å². The lowest BCUT2D eigenvalue weighted by molar-refractivity contribution is -0.123. The highest BCUT2D eigenvalue weighted by molar-refractivity contribution is 6.23. The molecule has 1 aromatic carbocycles. The molecule has 1 aliphatic heterocycles. The molecule has 4 atom stereocenters. The minimum absolute atomic E-state index is 0.0300. The van der Waals surface area contributed by atoms with E-state index in [4.69, 9.17) is 0 Å². The zero-order chi connectivity index (χ0) is 15.1. The van der Waals surface area contributed by atoms with Crippen LogP contribution in [0, 0.1) is 29.1 Å². The Morgan fingerprint density at radius 2 is 1.55 bits per heavy atom. The van der Waals surface area contributed by atoms with Crippen LogP contribution < -0.4 is 4.90 Å². The summed E-state index contributed by atoms with van der Waals surface area (Å²) in [7, 11) is 0. The Kier molecular flexibility index (Phi) is 2.23. The van der Waals surface area contributed by atoms with E-state index in [1.54, 1.807) is 0 Å². The highest BCUT2D eigenvalue weighted by Gasteiger charge is 2.73. The summed E-state index contributed by atoms with van der Waals surface area (Å²) < 4.78 is 0. The molecule has 0 radical (unpaired) electrons. The topological polar surface area (TPSA) is 37.4 Å². The second-order valence-electron chi connectivity index (χ2n) is 7.25. The van der Waals surface area contributed by atoms with Crippen molar-refractivity contribution in [3.63, 3.8) is 0 Å². The number of carbonyl (C=O) groups excluding carboxylic acids is 2. The lowest BCUT2D eigenvalue weighted by Crippen LogP contribution is -2.34. The maximum absolute atomic E-state index is 12.9. The number of allylic oxidation sites excluding steroid dienone is 2. The summed E-state index contributed by atoms with van der Waals surface area (Å²) in [6.07, 6.45) is 7.77. The van der Waals surface area contributed by atoms with Crippen LogP contribution in [0.15, 0.2) is 36.4 Å². The van der Waals surface area contributed by atoms with Gasteiger partial charge in [-0.15, -0.1) is 0 Å². The van der Waals surface area contributed by atoms with E-state index in [2.05, 4.69) is 19.1 Å². The molecule has 1 saturated heterocycles. The largest absolute Gasteiger partial charge is 0.274 e. The predicted octanol–water partition coefficient (Wildman–Crippen LogP) is 2.95. The van der Waals surface area contributed by atoms with Gasteiger partial charge in [-0.25, -0.2) is 0 Å². The van der Waals surface area contributed by atoms with E-state index in [1.807, 2.05) is 24.3 Å². The first kappa shape index (κ1) is 12.6. The molecule has 3 fully saturated rings. The van der Waals surface area contributed by atoms with Gasteiger partial charge in [-0.05, 0) is 54.2 Å². The maximum Gasteiger partial charge on any atom is 0.238 e. The summed E-state index contributed by atoms with van der Waals surface area (Å²) in [5.41, 5.74) is 2.24. The third-order valence-corrected chi connectivity index (χ3v) is 6.46. The minimum atomic E-state index is -0.101. The molecule has 1 aromatic rings. The van der Waals surface area contributed by atoms with Gasteiger partial charge in [0.15, 0.2) is 0 Å². The van der Waals surface area contributed by atoms with Crippen molar-refractivity contribution in [2.75, 3.05) is 4.90 Å². The molecule has 4 aliphatic rings. The number of nitrogens with zero attached hydrogens (tertiary/aromatic N) is 1. The molecule has 2 saturated carbocycles. The first-order valence-electron chi connectivity index (χ1n) is 8.32. The third kappa shape index (κ3) is 1.29. The summed E-state index contributed by atoms with van der Waals surface area (Å²) in [6.45, 7) is 2.10. The molecule has 3 heteroatoms. The van der Waals surface area contributed by atoms with Crippen LogP contribution in [-0.2, 0) is 16.0 Å². The van der Waals surface area contributed by atoms with Gasteiger partial charge >= 0.3 is 0 Å². The van der Waals surface area contributed by atoms with Gasteiger partial charge < -0.3 is 0 Å². The number of hydrogen-bond donors (Lipinski definition) is 0. The maximum atomic E-state index is 12.9. The number of amides is 2. The Hall–Kier alpha value is -1.90. The Morgan fingerprint density at radius 3 is 2.00 bits per heavy atom. The molecule has 112 valence electrons. The van der Waals surface area contributed by atoms with E-state index in [0.717, 1.165) is 12.1 Å². The van der Waals surface area contributed by atoms with Crippen LogP contribution in [0.5, 0.6) is 0 Å². The van der Waals surface area contributed by atoms with Crippen LogP contribution >= 0.6 is 0 Å². The van der Waals surface area contributed by atoms with E-state index in [9.17, 15) is 9.59 Å². The van der Waals surface area contributed by atoms with Crippen molar-refractivity contribution < 1.29 is 9.59 Å². The fourth-order valence-corrected chi connectivity index (χ4v) is 5.21. The number of imide groups is 1. The number of anilines is 1. The molecule has 2 bridgehead atoms. The highest BCUT2D eigenvalue weighted by Crippen LogP contribution is 2.73. The molecule has 0 aromatic heterocycles. The van der Waals surface area contributed by atoms with Crippen LogP contribution in [-0.4, -0.2) is 11.8 Å². The van der Waals surface area contributed by atoms with Crippen molar-refractivity contribution in [3.8, 4) is 0 Å². The molecular formula is C19H19NO2. The normalized spacial score (nSPS) is 36.5. The summed E-state index contributed by atoms with van der Waals surface area (Å²) in [4.78, 5) is 27.3. The predicted molar refractivity (Wildman–Crippen MR) is 83.1 cm³/mol. The Bertz CT molecular complexity index is 679. The smallest absolute Gasteiger partial charge is 0.238 e. The molecule has 0 unspecified atom stereocenters. The fraction of sp³-hybridized carbons (Fsp3) is 0.474. The molecule has 22 heavy (non-hydrogen) atoms. The van der Waals surface area contributed by atoms with Crippen LogP contribution in [0.2, 0.25) is 0 Å². The second kappa shape index (κ2) is 3.89. The molecular weight excluding hydrogens is 274 g/mol. The van der Waals surface area contributed by atoms with Gasteiger partial charge in [0.25, 0.3) is 0 Å². The lowest BCUT2D eigenvalue weighted by Gasteiger charge is -2.21. The van der Waals surface area contributed by atoms with E-state index in [-0.39, 0.29) is 29.1 Å². The van der Waals surface area contributed by atoms with E-state index in [0.29, 0.717) is 11.8 Å². The number of rotatable bonds is 2. The average Bonchev–Trinajstić information content (AvgIpc) is 3.13. The first-order valence-corrected chi connectivity index (χ1v) is 8.32. The van der Waals surface area contributed by atoms with Gasteiger partial charge in [-0.1, -0.05) is 31.2 Å². The molecule has 3 nitrogen and oxygen atoms in total. The first-order chi connectivity index (χ1) is 10.7. The minimum Gasteiger partial charge on any atom is -0.274 e. The molecule has 3 aliphatic carbocycles. The van der Waals surface area contributed by atoms with Crippen molar-refractivity contribution in [3.05, 3.63) is 42.0 Å². The van der Waals surface area contributed by atoms with Gasteiger partial charge in [-0.2, -0.15) is 0 Å². The number of aryl methyl sites for hydroxylation is 1. The summed E-state index contributed by atoms with van der Waals surface area (Å²) in [5.74, 6) is 0.467. The summed E-state index contributed by atoms with van der Waals surface area (Å²) in [5, 5.41) is 0. The summed E-state index contributed by atoms with van der Waals surface area (Å²) >= 11 is 0. The zero-order valence-corrected chi connectivity index (χ0v) is 12.7. The second-order valence-corrected chi connectivity index (χ2v) is 7.25. The van der Waals surface area contributed by atoms with Crippen LogP contribution in [0.25, 0.3) is 0 Å². The molecule has 1 heterocycles.